The first-order valence-corrected chi connectivity index (χ1v) is 11.4. The third kappa shape index (κ3) is 4.52. The average molecular weight is 445 g/mol. The molecule has 0 saturated carbocycles. The molecule has 33 heavy (non-hydrogen) atoms. The Bertz CT molecular complexity index is 1280. The molecule has 0 bridgehead atoms. The summed E-state index contributed by atoms with van der Waals surface area (Å²) in [5, 5.41) is 9.08. The van der Waals surface area contributed by atoms with Crippen LogP contribution in [0.4, 0.5) is 5.82 Å². The number of aryl methyl sites for hydroxylation is 1. The van der Waals surface area contributed by atoms with Crippen LogP contribution in [0.25, 0.3) is 21.9 Å². The topological polar surface area (TPSA) is 89.1 Å². The first-order valence-electron chi connectivity index (χ1n) is 11.4. The Morgan fingerprint density at radius 1 is 1.12 bits per heavy atom. The van der Waals surface area contributed by atoms with Crippen molar-refractivity contribution in [2.45, 2.75) is 38.6 Å². The molecule has 0 spiro atoms. The zero-order chi connectivity index (χ0) is 22.9. The molecular formula is C25H28N6O2. The van der Waals surface area contributed by atoms with E-state index in [1.807, 2.05) is 37.6 Å². The number of anilines is 1. The fraction of sp³-hybridized carbons (Fsp3) is 0.360. The number of aromatic nitrogens is 4. The van der Waals surface area contributed by atoms with Crippen LogP contribution in [0.2, 0.25) is 0 Å². The maximum Gasteiger partial charge on any atom is 0.278 e. The lowest BCUT2D eigenvalue weighted by Crippen LogP contribution is -2.37. The highest BCUT2D eigenvalue weighted by Crippen LogP contribution is 2.29. The van der Waals surface area contributed by atoms with Crippen molar-refractivity contribution in [2.24, 2.45) is 7.05 Å². The monoisotopic (exact) mass is 444 g/mol. The van der Waals surface area contributed by atoms with Gasteiger partial charge in [0.25, 0.3) is 5.91 Å². The van der Waals surface area contributed by atoms with Gasteiger partial charge in [-0.05, 0) is 62.9 Å². The van der Waals surface area contributed by atoms with Gasteiger partial charge in [-0.3, -0.25) is 9.48 Å². The van der Waals surface area contributed by atoms with Crippen LogP contribution in [0, 0.1) is 0 Å². The number of hydrogen-bond donors (Lipinski definition) is 1. The van der Waals surface area contributed by atoms with Crippen LogP contribution in [-0.2, 0) is 7.05 Å². The van der Waals surface area contributed by atoms with Gasteiger partial charge in [-0.25, -0.2) is 9.97 Å². The van der Waals surface area contributed by atoms with E-state index in [9.17, 15) is 4.79 Å². The van der Waals surface area contributed by atoms with Crippen molar-refractivity contribution in [2.75, 3.05) is 18.4 Å². The fourth-order valence-corrected chi connectivity index (χ4v) is 4.38. The van der Waals surface area contributed by atoms with Crippen molar-refractivity contribution >= 4 is 22.5 Å². The number of nitrogens with zero attached hydrogens (tertiary/aromatic N) is 5. The standard InChI is InChI=1S/C25H28N6O2/c1-16(2)31-8-6-17(7-9-31)25-28-22(15-33-25)24(32)29-23-11-20-10-18(4-5-19(20)12-26-23)21-13-27-30(3)14-21/h4-5,10-17H,6-9H2,1-3H3,(H,26,29,32). The number of carbonyl (C=O) groups is 1. The number of amides is 1. The molecule has 8 heteroatoms. The van der Waals surface area contributed by atoms with E-state index in [4.69, 9.17) is 4.42 Å². The minimum atomic E-state index is -0.320. The van der Waals surface area contributed by atoms with Crippen molar-refractivity contribution in [1.29, 1.82) is 0 Å². The Hall–Kier alpha value is -3.52. The lowest BCUT2D eigenvalue weighted by Gasteiger charge is -2.33. The van der Waals surface area contributed by atoms with Crippen molar-refractivity contribution < 1.29 is 9.21 Å². The molecule has 1 aliphatic heterocycles. The van der Waals surface area contributed by atoms with Crippen LogP contribution in [0.5, 0.6) is 0 Å². The third-order valence-corrected chi connectivity index (χ3v) is 6.37. The van der Waals surface area contributed by atoms with Crippen molar-refractivity contribution in [3.05, 3.63) is 60.7 Å². The predicted molar refractivity (Wildman–Crippen MR) is 127 cm³/mol. The molecule has 1 aromatic carbocycles. The summed E-state index contributed by atoms with van der Waals surface area (Å²) in [6.07, 6.45) is 8.99. The molecule has 1 fully saturated rings. The molecule has 3 aromatic heterocycles. The number of oxazole rings is 1. The number of likely N-dealkylation sites (tertiary alicyclic amines) is 1. The van der Waals surface area contributed by atoms with Crippen LogP contribution in [0.15, 0.2) is 53.5 Å². The van der Waals surface area contributed by atoms with Gasteiger partial charge in [-0.1, -0.05) is 12.1 Å². The molecule has 8 nitrogen and oxygen atoms in total. The number of hydrogen-bond acceptors (Lipinski definition) is 6. The van der Waals surface area contributed by atoms with Crippen molar-refractivity contribution in [1.82, 2.24) is 24.6 Å². The largest absolute Gasteiger partial charge is 0.448 e. The minimum absolute atomic E-state index is 0.256. The van der Waals surface area contributed by atoms with E-state index < -0.39 is 0 Å². The van der Waals surface area contributed by atoms with E-state index in [2.05, 4.69) is 45.2 Å². The molecule has 1 amide bonds. The summed E-state index contributed by atoms with van der Waals surface area (Å²) in [7, 11) is 1.89. The maximum absolute atomic E-state index is 12.8. The Morgan fingerprint density at radius 3 is 2.67 bits per heavy atom. The summed E-state index contributed by atoms with van der Waals surface area (Å²) in [6.45, 7) is 6.48. The number of fused-ring (bicyclic) bond motifs is 1. The van der Waals surface area contributed by atoms with Gasteiger partial charge in [0.1, 0.15) is 12.1 Å². The Morgan fingerprint density at radius 2 is 1.94 bits per heavy atom. The number of piperidine rings is 1. The smallest absolute Gasteiger partial charge is 0.278 e. The Kier molecular flexibility index (Phi) is 5.68. The van der Waals surface area contributed by atoms with Gasteiger partial charge in [-0.2, -0.15) is 5.10 Å². The molecule has 1 N–H and O–H groups in total. The molecular weight excluding hydrogens is 416 g/mol. The summed E-state index contributed by atoms with van der Waals surface area (Å²) in [4.78, 5) is 24.1. The van der Waals surface area contributed by atoms with Crippen LogP contribution < -0.4 is 5.32 Å². The number of rotatable bonds is 5. The van der Waals surface area contributed by atoms with Gasteiger partial charge in [-0.15, -0.1) is 0 Å². The zero-order valence-corrected chi connectivity index (χ0v) is 19.2. The van der Waals surface area contributed by atoms with E-state index in [1.165, 1.54) is 6.26 Å². The quantitative estimate of drug-likeness (QED) is 0.489. The van der Waals surface area contributed by atoms with Crippen LogP contribution >= 0.6 is 0 Å². The maximum atomic E-state index is 12.8. The van der Waals surface area contributed by atoms with E-state index in [0.29, 0.717) is 17.8 Å². The molecule has 0 aliphatic carbocycles. The van der Waals surface area contributed by atoms with Gasteiger partial charge < -0.3 is 14.6 Å². The highest BCUT2D eigenvalue weighted by molar-refractivity contribution is 6.03. The second-order valence-electron chi connectivity index (χ2n) is 8.96. The summed E-state index contributed by atoms with van der Waals surface area (Å²) in [6, 6.07) is 8.55. The molecule has 0 unspecified atom stereocenters. The molecule has 1 saturated heterocycles. The summed E-state index contributed by atoms with van der Waals surface area (Å²) in [5.41, 5.74) is 2.38. The Balaban J connectivity index is 1.29. The van der Waals surface area contributed by atoms with Gasteiger partial charge in [0.15, 0.2) is 11.6 Å². The molecule has 0 atom stereocenters. The number of pyridine rings is 1. The van der Waals surface area contributed by atoms with E-state index in [-0.39, 0.29) is 17.5 Å². The number of nitrogens with one attached hydrogen (secondary N) is 1. The van der Waals surface area contributed by atoms with E-state index in [0.717, 1.165) is 47.8 Å². The highest BCUT2D eigenvalue weighted by atomic mass is 16.3. The Labute approximate surface area is 192 Å². The van der Waals surface area contributed by atoms with Gasteiger partial charge >= 0.3 is 0 Å². The number of benzene rings is 1. The van der Waals surface area contributed by atoms with Crippen molar-refractivity contribution in [3.8, 4) is 11.1 Å². The van der Waals surface area contributed by atoms with Crippen molar-refractivity contribution in [3.63, 3.8) is 0 Å². The molecule has 4 aromatic rings. The van der Waals surface area contributed by atoms with Gasteiger partial charge in [0.05, 0.1) is 6.20 Å². The predicted octanol–water partition coefficient (Wildman–Crippen LogP) is 4.46. The summed E-state index contributed by atoms with van der Waals surface area (Å²) >= 11 is 0. The molecule has 0 radical (unpaired) electrons. The molecule has 4 heterocycles. The average Bonchev–Trinajstić information content (AvgIpc) is 3.48. The molecule has 5 rings (SSSR count). The van der Waals surface area contributed by atoms with Crippen LogP contribution in [0.3, 0.4) is 0 Å². The lowest BCUT2D eigenvalue weighted by atomic mass is 9.96. The summed E-state index contributed by atoms with van der Waals surface area (Å²) in [5.74, 6) is 1.06. The fourth-order valence-electron chi connectivity index (χ4n) is 4.38. The minimum Gasteiger partial charge on any atom is -0.448 e. The van der Waals surface area contributed by atoms with Crippen LogP contribution in [0.1, 0.15) is 49.0 Å². The first-order chi connectivity index (χ1) is 16.0. The second kappa shape index (κ2) is 8.78. The lowest BCUT2D eigenvalue weighted by molar-refractivity contribution is 0.102. The normalized spacial score (nSPS) is 15.4. The number of carbonyl (C=O) groups excluding carboxylic acids is 1. The first kappa shape index (κ1) is 21.3. The zero-order valence-electron chi connectivity index (χ0n) is 19.2. The van der Waals surface area contributed by atoms with Crippen LogP contribution in [-0.4, -0.2) is 49.7 Å². The van der Waals surface area contributed by atoms with E-state index in [1.54, 1.807) is 10.9 Å². The van der Waals surface area contributed by atoms with E-state index >= 15 is 0 Å². The molecule has 1 aliphatic rings. The summed E-state index contributed by atoms with van der Waals surface area (Å²) < 4.78 is 7.45. The molecule has 170 valence electrons. The SMILES string of the molecule is CC(C)N1CCC(c2nc(C(=O)Nc3cc4cc(-c5cnn(C)c5)ccc4cn3)co2)CC1. The van der Waals surface area contributed by atoms with Gasteiger partial charge in [0.2, 0.25) is 0 Å². The third-order valence-electron chi connectivity index (χ3n) is 6.37. The van der Waals surface area contributed by atoms with Gasteiger partial charge in [0, 0.05) is 42.4 Å². The second-order valence-corrected chi connectivity index (χ2v) is 8.96. The highest BCUT2D eigenvalue weighted by Gasteiger charge is 2.26.